The highest BCUT2D eigenvalue weighted by molar-refractivity contribution is 5.81. The number of benzene rings is 1. The first-order chi connectivity index (χ1) is 9.16. The average molecular weight is 262 g/mol. The fraction of sp³-hybridized carbons (Fsp3) is 0.533. The number of nitrogens with one attached hydrogen (secondary N) is 1. The monoisotopic (exact) mass is 262 g/mol. The molecule has 0 aromatic heterocycles. The van der Waals surface area contributed by atoms with E-state index in [1.165, 1.54) is 11.1 Å². The van der Waals surface area contributed by atoms with Crippen LogP contribution in [0.25, 0.3) is 0 Å². The second kappa shape index (κ2) is 6.68. The Bertz CT molecular complexity index is 411. The minimum atomic E-state index is -0.153. The number of nitrogens with zero attached hydrogens (tertiary/aromatic N) is 1. The number of ether oxygens (including phenoxy) is 1. The molecule has 1 fully saturated rings. The Labute approximate surface area is 114 Å². The van der Waals surface area contributed by atoms with Crippen LogP contribution >= 0.6 is 0 Å². The predicted octanol–water partition coefficient (Wildman–Crippen LogP) is 1.33. The summed E-state index contributed by atoms with van der Waals surface area (Å²) in [4.78, 5) is 14.1. The summed E-state index contributed by atoms with van der Waals surface area (Å²) in [7, 11) is 0. The fourth-order valence-electron chi connectivity index (χ4n) is 2.12. The Morgan fingerprint density at radius 2 is 1.95 bits per heavy atom. The van der Waals surface area contributed by atoms with Gasteiger partial charge in [0.05, 0.1) is 19.3 Å². The number of aryl methyl sites for hydroxylation is 1. The van der Waals surface area contributed by atoms with E-state index in [9.17, 15) is 4.79 Å². The van der Waals surface area contributed by atoms with Gasteiger partial charge in [0.15, 0.2) is 0 Å². The van der Waals surface area contributed by atoms with E-state index >= 15 is 0 Å². The van der Waals surface area contributed by atoms with Crippen LogP contribution in [0.5, 0.6) is 0 Å². The number of morpholine rings is 1. The van der Waals surface area contributed by atoms with Crippen LogP contribution in [0.15, 0.2) is 24.3 Å². The molecule has 1 aromatic rings. The minimum absolute atomic E-state index is 0.153. The topological polar surface area (TPSA) is 41.6 Å². The highest BCUT2D eigenvalue weighted by Crippen LogP contribution is 2.05. The zero-order valence-electron chi connectivity index (χ0n) is 11.7. The summed E-state index contributed by atoms with van der Waals surface area (Å²) in [6, 6.07) is 8.21. The van der Waals surface area contributed by atoms with E-state index < -0.39 is 0 Å². The van der Waals surface area contributed by atoms with Gasteiger partial charge in [0.1, 0.15) is 0 Å². The second-order valence-corrected chi connectivity index (χ2v) is 5.03. The van der Waals surface area contributed by atoms with Crippen LogP contribution in [-0.4, -0.2) is 43.2 Å². The van der Waals surface area contributed by atoms with Crippen LogP contribution in [0, 0.1) is 6.92 Å². The molecule has 1 aromatic carbocycles. The normalized spacial score (nSPS) is 17.3. The first-order valence-electron chi connectivity index (χ1n) is 6.82. The SMILES string of the molecule is Cc1ccc(CNC(C)C(=O)N2CCOCC2)cc1. The molecule has 1 amide bonds. The summed E-state index contributed by atoms with van der Waals surface area (Å²) in [6.45, 7) is 7.42. The van der Waals surface area contributed by atoms with Crippen molar-refractivity contribution in [1.82, 2.24) is 10.2 Å². The molecular formula is C15H22N2O2. The minimum Gasteiger partial charge on any atom is -0.378 e. The molecule has 19 heavy (non-hydrogen) atoms. The molecule has 0 bridgehead atoms. The maximum absolute atomic E-state index is 12.2. The van der Waals surface area contributed by atoms with Crippen molar-refractivity contribution in [3.63, 3.8) is 0 Å². The zero-order valence-corrected chi connectivity index (χ0v) is 11.7. The lowest BCUT2D eigenvalue weighted by Gasteiger charge is -2.29. The average Bonchev–Trinajstić information content (AvgIpc) is 2.46. The van der Waals surface area contributed by atoms with Crippen molar-refractivity contribution in [1.29, 1.82) is 0 Å². The molecule has 0 spiro atoms. The number of carbonyl (C=O) groups excluding carboxylic acids is 1. The molecule has 1 aliphatic rings. The predicted molar refractivity (Wildman–Crippen MR) is 74.9 cm³/mol. The van der Waals surface area contributed by atoms with Gasteiger partial charge in [-0.15, -0.1) is 0 Å². The quantitative estimate of drug-likeness (QED) is 0.890. The third-order valence-electron chi connectivity index (χ3n) is 3.43. The Morgan fingerprint density at radius 1 is 1.32 bits per heavy atom. The van der Waals surface area contributed by atoms with E-state index in [1.807, 2.05) is 11.8 Å². The van der Waals surface area contributed by atoms with Gasteiger partial charge in [-0.3, -0.25) is 4.79 Å². The third kappa shape index (κ3) is 4.04. The van der Waals surface area contributed by atoms with E-state index in [0.29, 0.717) is 26.3 Å². The summed E-state index contributed by atoms with van der Waals surface area (Å²) < 4.78 is 5.26. The van der Waals surface area contributed by atoms with Crippen LogP contribution in [0.2, 0.25) is 0 Å². The molecule has 4 nitrogen and oxygen atoms in total. The molecule has 0 aliphatic carbocycles. The maximum atomic E-state index is 12.2. The standard InChI is InChI=1S/C15H22N2O2/c1-12-3-5-14(6-4-12)11-16-13(2)15(18)17-7-9-19-10-8-17/h3-6,13,16H,7-11H2,1-2H3. The van der Waals surface area contributed by atoms with Gasteiger partial charge < -0.3 is 15.0 Å². The van der Waals surface area contributed by atoms with Gasteiger partial charge in [0, 0.05) is 19.6 Å². The maximum Gasteiger partial charge on any atom is 0.239 e. The molecule has 1 N–H and O–H groups in total. The van der Waals surface area contributed by atoms with E-state index in [2.05, 4.69) is 36.5 Å². The second-order valence-electron chi connectivity index (χ2n) is 5.03. The van der Waals surface area contributed by atoms with Gasteiger partial charge in [-0.2, -0.15) is 0 Å². The lowest BCUT2D eigenvalue weighted by Crippen LogP contribution is -2.49. The molecule has 1 heterocycles. The summed E-state index contributed by atoms with van der Waals surface area (Å²) in [5.41, 5.74) is 2.45. The lowest BCUT2D eigenvalue weighted by molar-refractivity contribution is -0.137. The summed E-state index contributed by atoms with van der Waals surface area (Å²) in [5.74, 6) is 0.162. The van der Waals surface area contributed by atoms with Gasteiger partial charge in [0.2, 0.25) is 5.91 Å². The number of hydrogen-bond acceptors (Lipinski definition) is 3. The van der Waals surface area contributed by atoms with E-state index in [1.54, 1.807) is 0 Å². The van der Waals surface area contributed by atoms with Crippen molar-refractivity contribution in [3.05, 3.63) is 35.4 Å². The molecule has 4 heteroatoms. The Hall–Kier alpha value is -1.39. The van der Waals surface area contributed by atoms with Gasteiger partial charge >= 0.3 is 0 Å². The van der Waals surface area contributed by atoms with Gasteiger partial charge in [0.25, 0.3) is 0 Å². The molecule has 104 valence electrons. The third-order valence-corrected chi connectivity index (χ3v) is 3.43. The van der Waals surface area contributed by atoms with E-state index in [4.69, 9.17) is 4.74 Å². The molecule has 2 rings (SSSR count). The smallest absolute Gasteiger partial charge is 0.239 e. The van der Waals surface area contributed by atoms with Crippen molar-refractivity contribution < 1.29 is 9.53 Å². The van der Waals surface area contributed by atoms with Crippen LogP contribution in [-0.2, 0) is 16.1 Å². The molecule has 1 atom stereocenters. The molecule has 0 saturated carbocycles. The largest absolute Gasteiger partial charge is 0.378 e. The number of hydrogen-bond donors (Lipinski definition) is 1. The summed E-state index contributed by atoms with van der Waals surface area (Å²) in [6.07, 6.45) is 0. The highest BCUT2D eigenvalue weighted by Gasteiger charge is 2.21. The Kier molecular flexibility index (Phi) is 4.93. The van der Waals surface area contributed by atoms with Gasteiger partial charge in [-0.1, -0.05) is 29.8 Å². The van der Waals surface area contributed by atoms with E-state index in [-0.39, 0.29) is 11.9 Å². The molecule has 1 aliphatic heterocycles. The zero-order chi connectivity index (χ0) is 13.7. The van der Waals surface area contributed by atoms with Crippen LogP contribution in [0.4, 0.5) is 0 Å². The summed E-state index contributed by atoms with van der Waals surface area (Å²) >= 11 is 0. The van der Waals surface area contributed by atoms with Crippen molar-refractivity contribution in [3.8, 4) is 0 Å². The summed E-state index contributed by atoms with van der Waals surface area (Å²) in [5, 5.41) is 3.28. The number of rotatable bonds is 4. The van der Waals surface area contributed by atoms with Crippen LogP contribution in [0.1, 0.15) is 18.1 Å². The first-order valence-corrected chi connectivity index (χ1v) is 6.82. The molecular weight excluding hydrogens is 240 g/mol. The van der Waals surface area contributed by atoms with Crippen molar-refractivity contribution in [2.24, 2.45) is 0 Å². The molecule has 1 unspecified atom stereocenters. The molecule has 1 saturated heterocycles. The number of carbonyl (C=O) groups is 1. The molecule has 0 radical (unpaired) electrons. The van der Waals surface area contributed by atoms with Gasteiger partial charge in [-0.05, 0) is 19.4 Å². The van der Waals surface area contributed by atoms with Crippen LogP contribution in [0.3, 0.4) is 0 Å². The Balaban J connectivity index is 1.81. The van der Waals surface area contributed by atoms with Crippen LogP contribution < -0.4 is 5.32 Å². The Morgan fingerprint density at radius 3 is 2.58 bits per heavy atom. The first kappa shape index (κ1) is 14.0. The van der Waals surface area contributed by atoms with Crippen molar-refractivity contribution in [2.75, 3.05) is 26.3 Å². The fourth-order valence-corrected chi connectivity index (χ4v) is 2.12. The van der Waals surface area contributed by atoms with Crippen molar-refractivity contribution >= 4 is 5.91 Å². The van der Waals surface area contributed by atoms with E-state index in [0.717, 1.165) is 6.54 Å². The highest BCUT2D eigenvalue weighted by atomic mass is 16.5. The lowest BCUT2D eigenvalue weighted by atomic mass is 10.1. The van der Waals surface area contributed by atoms with Crippen molar-refractivity contribution in [2.45, 2.75) is 26.4 Å². The number of amides is 1. The van der Waals surface area contributed by atoms with Gasteiger partial charge in [-0.25, -0.2) is 0 Å².